The molecule has 2 rings (SSSR count). The molecular weight excluding hydrogens is 379 g/mol. The minimum Gasteiger partial charge on any atom is -0.460 e. The van der Waals surface area contributed by atoms with Crippen LogP contribution in [0.15, 0.2) is 48.5 Å². The molecule has 0 aliphatic carbocycles. The number of benzene rings is 2. The van der Waals surface area contributed by atoms with Crippen LogP contribution in [0, 0.1) is 22.6 Å². The zero-order valence-electron chi connectivity index (χ0n) is 18.3. The number of hydrogen-bond acceptors (Lipinski definition) is 4. The van der Waals surface area contributed by atoms with E-state index in [1.165, 1.54) is 12.1 Å². The topological polar surface area (TPSA) is 53.3 Å². The molecule has 5 heteroatoms. The van der Waals surface area contributed by atoms with Crippen LogP contribution < -0.4 is 0 Å². The van der Waals surface area contributed by atoms with E-state index in [0.717, 1.165) is 35.2 Å². The van der Waals surface area contributed by atoms with Gasteiger partial charge in [-0.25, -0.2) is 4.39 Å². The van der Waals surface area contributed by atoms with E-state index in [4.69, 9.17) is 4.74 Å². The Labute approximate surface area is 178 Å². The van der Waals surface area contributed by atoms with E-state index in [2.05, 4.69) is 17.0 Å². The van der Waals surface area contributed by atoms with Crippen LogP contribution in [0.1, 0.15) is 49.4 Å². The molecule has 0 aliphatic rings. The molecule has 0 N–H and O–H groups in total. The fourth-order valence-corrected chi connectivity index (χ4v) is 2.89. The predicted octanol–water partition coefficient (Wildman–Crippen LogP) is 5.17. The van der Waals surface area contributed by atoms with Gasteiger partial charge in [-0.05, 0) is 87.8 Å². The number of halogens is 1. The Kier molecular flexibility index (Phi) is 7.91. The van der Waals surface area contributed by atoms with Gasteiger partial charge in [0.25, 0.3) is 0 Å². The lowest BCUT2D eigenvalue weighted by atomic mass is 9.92. The molecule has 0 aromatic heterocycles. The van der Waals surface area contributed by atoms with Gasteiger partial charge in [0.05, 0.1) is 17.0 Å². The first-order valence-corrected chi connectivity index (χ1v) is 9.93. The summed E-state index contributed by atoms with van der Waals surface area (Å²) in [6, 6.07) is 13.8. The summed E-state index contributed by atoms with van der Waals surface area (Å²) in [6.07, 6.45) is 2.89. The summed E-state index contributed by atoms with van der Waals surface area (Å²) < 4.78 is 19.0. The zero-order valence-corrected chi connectivity index (χ0v) is 18.3. The zero-order chi connectivity index (χ0) is 22.3. The van der Waals surface area contributed by atoms with E-state index in [9.17, 15) is 14.4 Å². The van der Waals surface area contributed by atoms with Crippen molar-refractivity contribution in [2.75, 3.05) is 20.6 Å². The molecule has 0 aliphatic heterocycles. The SMILES string of the molecule is CN(C)CC/C=C(\c1ccc(F)cc1)c1ccc(C#N)cc1COC(=O)C(C)(C)C. The van der Waals surface area contributed by atoms with Crippen LogP contribution in [0.5, 0.6) is 0 Å². The van der Waals surface area contributed by atoms with Gasteiger partial charge in [-0.1, -0.05) is 24.3 Å². The highest BCUT2D eigenvalue weighted by molar-refractivity contribution is 5.82. The van der Waals surface area contributed by atoms with Gasteiger partial charge < -0.3 is 9.64 Å². The van der Waals surface area contributed by atoms with E-state index in [0.29, 0.717) is 5.56 Å². The van der Waals surface area contributed by atoms with Crippen molar-refractivity contribution in [2.45, 2.75) is 33.8 Å². The lowest BCUT2D eigenvalue weighted by Gasteiger charge is -2.19. The average Bonchev–Trinajstić information content (AvgIpc) is 2.69. The molecular formula is C25H29FN2O2. The number of ether oxygens (including phenoxy) is 1. The van der Waals surface area contributed by atoms with Crippen molar-refractivity contribution >= 4 is 11.5 Å². The molecule has 2 aromatic carbocycles. The second kappa shape index (κ2) is 10.2. The van der Waals surface area contributed by atoms with Gasteiger partial charge in [-0.15, -0.1) is 0 Å². The standard InChI is InChI=1S/C25H29FN2O2/c1-25(2,3)24(29)30-17-20-15-18(16-27)8-13-23(20)22(7-6-14-28(4)5)19-9-11-21(26)12-10-19/h7-13,15H,6,14,17H2,1-5H3/b22-7+. The van der Waals surface area contributed by atoms with E-state index in [1.807, 2.05) is 20.2 Å². The first-order valence-electron chi connectivity index (χ1n) is 9.93. The molecule has 0 atom stereocenters. The van der Waals surface area contributed by atoms with Crippen molar-refractivity contribution in [2.24, 2.45) is 5.41 Å². The summed E-state index contributed by atoms with van der Waals surface area (Å²) in [4.78, 5) is 14.4. The molecule has 4 nitrogen and oxygen atoms in total. The van der Waals surface area contributed by atoms with Crippen molar-refractivity contribution < 1.29 is 13.9 Å². The molecule has 2 aromatic rings. The predicted molar refractivity (Wildman–Crippen MR) is 117 cm³/mol. The quantitative estimate of drug-likeness (QED) is 0.593. The molecule has 0 spiro atoms. The lowest BCUT2D eigenvalue weighted by molar-refractivity contribution is -0.154. The highest BCUT2D eigenvalue weighted by Crippen LogP contribution is 2.29. The summed E-state index contributed by atoms with van der Waals surface area (Å²) in [7, 11) is 4.01. The fraction of sp³-hybridized carbons (Fsp3) is 0.360. The van der Waals surface area contributed by atoms with E-state index < -0.39 is 5.41 Å². The van der Waals surface area contributed by atoms with Gasteiger partial charge in [0.15, 0.2) is 0 Å². The van der Waals surface area contributed by atoms with Crippen molar-refractivity contribution in [1.29, 1.82) is 5.26 Å². The molecule has 0 radical (unpaired) electrons. The lowest BCUT2D eigenvalue weighted by Crippen LogP contribution is -2.23. The Balaban J connectivity index is 2.49. The molecule has 0 fully saturated rings. The molecule has 0 amide bonds. The Morgan fingerprint density at radius 2 is 1.83 bits per heavy atom. The second-order valence-electron chi connectivity index (χ2n) is 8.53. The highest BCUT2D eigenvalue weighted by atomic mass is 19.1. The van der Waals surface area contributed by atoms with Crippen LogP contribution in [0.4, 0.5) is 4.39 Å². The molecule has 30 heavy (non-hydrogen) atoms. The minimum absolute atomic E-state index is 0.0627. The number of carbonyl (C=O) groups excluding carboxylic acids is 1. The number of carbonyl (C=O) groups is 1. The van der Waals surface area contributed by atoms with Gasteiger partial charge in [-0.2, -0.15) is 5.26 Å². The monoisotopic (exact) mass is 408 g/mol. The first kappa shape index (κ1) is 23.3. The third-order valence-corrected chi connectivity index (χ3v) is 4.58. The average molecular weight is 409 g/mol. The number of esters is 1. The van der Waals surface area contributed by atoms with Crippen LogP contribution in [0.25, 0.3) is 5.57 Å². The normalized spacial score (nSPS) is 12.0. The Morgan fingerprint density at radius 3 is 2.40 bits per heavy atom. The Hall–Kier alpha value is -2.97. The van der Waals surface area contributed by atoms with Crippen molar-refractivity contribution in [1.82, 2.24) is 4.90 Å². The number of hydrogen-bond donors (Lipinski definition) is 0. The largest absolute Gasteiger partial charge is 0.460 e. The third kappa shape index (κ3) is 6.53. The summed E-state index contributed by atoms with van der Waals surface area (Å²) in [5, 5.41) is 9.33. The van der Waals surface area contributed by atoms with Crippen LogP contribution in [0.3, 0.4) is 0 Å². The maximum absolute atomic E-state index is 13.5. The Bertz CT molecular complexity index is 949. The fourth-order valence-electron chi connectivity index (χ4n) is 2.89. The molecule has 0 saturated heterocycles. The first-order chi connectivity index (χ1) is 14.1. The van der Waals surface area contributed by atoms with Crippen molar-refractivity contribution in [3.05, 3.63) is 76.6 Å². The second-order valence-corrected chi connectivity index (χ2v) is 8.53. The maximum Gasteiger partial charge on any atom is 0.311 e. The summed E-state index contributed by atoms with van der Waals surface area (Å²) in [6.45, 7) is 6.32. The highest BCUT2D eigenvalue weighted by Gasteiger charge is 2.23. The summed E-state index contributed by atoms with van der Waals surface area (Å²) >= 11 is 0. The third-order valence-electron chi connectivity index (χ3n) is 4.58. The Morgan fingerprint density at radius 1 is 1.17 bits per heavy atom. The molecule has 0 heterocycles. The molecule has 0 unspecified atom stereocenters. The van der Waals surface area contributed by atoms with E-state index >= 15 is 0 Å². The van der Waals surface area contributed by atoms with Crippen LogP contribution >= 0.6 is 0 Å². The van der Waals surface area contributed by atoms with E-state index in [1.54, 1.807) is 45.0 Å². The maximum atomic E-state index is 13.5. The smallest absolute Gasteiger partial charge is 0.311 e. The molecule has 0 saturated carbocycles. The number of nitriles is 1. The van der Waals surface area contributed by atoms with Gasteiger partial charge in [-0.3, -0.25) is 4.79 Å². The number of nitrogens with zero attached hydrogens (tertiary/aromatic N) is 2. The van der Waals surface area contributed by atoms with Crippen molar-refractivity contribution in [3.8, 4) is 6.07 Å². The molecule has 0 bridgehead atoms. The number of rotatable bonds is 7. The van der Waals surface area contributed by atoms with Crippen molar-refractivity contribution in [3.63, 3.8) is 0 Å². The van der Waals surface area contributed by atoms with Crippen LogP contribution in [0.2, 0.25) is 0 Å². The molecule has 158 valence electrons. The van der Waals surface area contributed by atoms with Gasteiger partial charge in [0.1, 0.15) is 12.4 Å². The van der Waals surface area contributed by atoms with Crippen LogP contribution in [-0.2, 0) is 16.1 Å². The minimum atomic E-state index is -0.617. The summed E-state index contributed by atoms with van der Waals surface area (Å²) in [5.74, 6) is -0.610. The van der Waals surface area contributed by atoms with Crippen LogP contribution in [-0.4, -0.2) is 31.5 Å². The van der Waals surface area contributed by atoms with E-state index in [-0.39, 0.29) is 18.4 Å². The van der Waals surface area contributed by atoms with Gasteiger partial charge in [0, 0.05) is 6.54 Å². The van der Waals surface area contributed by atoms with Gasteiger partial charge >= 0.3 is 5.97 Å². The van der Waals surface area contributed by atoms with Gasteiger partial charge in [0.2, 0.25) is 0 Å². The summed E-state index contributed by atoms with van der Waals surface area (Å²) in [5.41, 5.74) is 3.26.